The fraction of sp³-hybridized carbons (Fsp3) is 0.435. The number of amides is 1. The summed E-state index contributed by atoms with van der Waals surface area (Å²) in [5.74, 6) is -0.301. The number of aryl methyl sites for hydroxylation is 3. The highest BCUT2D eigenvalue weighted by Crippen LogP contribution is 2.28. The number of carbonyl (C=O) groups is 1. The third-order valence-corrected chi connectivity index (χ3v) is 7.49. The Kier molecular flexibility index (Phi) is 6.75. The quantitative estimate of drug-likeness (QED) is 0.753. The average molecular weight is 415 g/mol. The molecule has 5 nitrogen and oxygen atoms in total. The highest BCUT2D eigenvalue weighted by atomic mass is 32.2. The standard InChI is InChI=1S/C23H30N2O3S/c1-17-14-18(2)23(19(3)15-17)24-22(26)16-25(20-10-6-4-7-11-20)29(27,28)21-12-8-5-9-13-21/h5,8-9,12-15,20H,4,6-7,10-11,16H2,1-3H3,(H,24,26). The molecule has 29 heavy (non-hydrogen) atoms. The lowest BCUT2D eigenvalue weighted by atomic mass is 9.95. The predicted molar refractivity (Wildman–Crippen MR) is 116 cm³/mol. The van der Waals surface area contributed by atoms with E-state index in [-0.39, 0.29) is 23.4 Å². The number of hydrogen-bond acceptors (Lipinski definition) is 3. The van der Waals surface area contributed by atoms with E-state index in [1.54, 1.807) is 30.3 Å². The third-order valence-electron chi connectivity index (χ3n) is 5.57. The zero-order valence-corrected chi connectivity index (χ0v) is 18.3. The van der Waals surface area contributed by atoms with Crippen LogP contribution in [0.5, 0.6) is 0 Å². The van der Waals surface area contributed by atoms with Crippen LogP contribution in [0.3, 0.4) is 0 Å². The molecule has 2 aromatic rings. The number of hydrogen-bond donors (Lipinski definition) is 1. The monoisotopic (exact) mass is 414 g/mol. The van der Waals surface area contributed by atoms with E-state index in [1.165, 1.54) is 4.31 Å². The second-order valence-electron chi connectivity index (χ2n) is 7.98. The number of benzene rings is 2. The van der Waals surface area contributed by atoms with Gasteiger partial charge in [-0.25, -0.2) is 8.42 Å². The Hall–Kier alpha value is -2.18. The van der Waals surface area contributed by atoms with Crippen LogP contribution < -0.4 is 5.32 Å². The second-order valence-corrected chi connectivity index (χ2v) is 9.87. The Balaban J connectivity index is 1.86. The van der Waals surface area contributed by atoms with E-state index in [4.69, 9.17) is 0 Å². The third kappa shape index (κ3) is 5.06. The van der Waals surface area contributed by atoms with Gasteiger partial charge in [0.2, 0.25) is 15.9 Å². The Morgan fingerprint density at radius 1 is 1.00 bits per heavy atom. The van der Waals surface area contributed by atoms with Crippen molar-refractivity contribution in [2.45, 2.75) is 63.8 Å². The summed E-state index contributed by atoms with van der Waals surface area (Å²) in [5.41, 5.74) is 3.85. The molecule has 0 radical (unpaired) electrons. The van der Waals surface area contributed by atoms with Crippen molar-refractivity contribution in [2.75, 3.05) is 11.9 Å². The molecule has 1 fully saturated rings. The minimum Gasteiger partial charge on any atom is -0.324 e. The molecule has 0 aliphatic heterocycles. The zero-order chi connectivity index (χ0) is 21.0. The number of carbonyl (C=O) groups excluding carboxylic acids is 1. The van der Waals surface area contributed by atoms with Crippen LogP contribution in [0, 0.1) is 20.8 Å². The summed E-state index contributed by atoms with van der Waals surface area (Å²) in [4.78, 5) is 13.2. The molecule has 1 amide bonds. The van der Waals surface area contributed by atoms with Gasteiger partial charge < -0.3 is 5.32 Å². The summed E-state index contributed by atoms with van der Waals surface area (Å²) in [6.45, 7) is 5.75. The molecule has 3 rings (SSSR count). The molecule has 156 valence electrons. The maximum atomic E-state index is 13.3. The molecule has 0 bridgehead atoms. The van der Waals surface area contributed by atoms with Crippen LogP contribution in [-0.2, 0) is 14.8 Å². The highest BCUT2D eigenvalue weighted by Gasteiger charge is 2.34. The number of nitrogens with one attached hydrogen (secondary N) is 1. The van der Waals surface area contributed by atoms with E-state index in [0.717, 1.165) is 54.5 Å². The molecule has 0 unspecified atom stereocenters. The molecule has 1 N–H and O–H groups in total. The van der Waals surface area contributed by atoms with Crippen molar-refractivity contribution in [3.05, 3.63) is 59.2 Å². The lowest BCUT2D eigenvalue weighted by molar-refractivity contribution is -0.116. The highest BCUT2D eigenvalue weighted by molar-refractivity contribution is 7.89. The van der Waals surface area contributed by atoms with Crippen molar-refractivity contribution >= 4 is 21.6 Å². The first-order chi connectivity index (χ1) is 13.8. The first-order valence-electron chi connectivity index (χ1n) is 10.2. The van der Waals surface area contributed by atoms with Gasteiger partial charge in [0.05, 0.1) is 11.4 Å². The van der Waals surface area contributed by atoms with Crippen molar-refractivity contribution in [1.82, 2.24) is 4.31 Å². The molecule has 0 atom stereocenters. The maximum absolute atomic E-state index is 13.3. The molecule has 0 aromatic heterocycles. The summed E-state index contributed by atoms with van der Waals surface area (Å²) in [5, 5.41) is 2.95. The van der Waals surface area contributed by atoms with E-state index >= 15 is 0 Å². The van der Waals surface area contributed by atoms with Gasteiger partial charge in [0.1, 0.15) is 0 Å². The van der Waals surface area contributed by atoms with E-state index in [2.05, 4.69) is 5.32 Å². The molecular weight excluding hydrogens is 384 g/mol. The van der Waals surface area contributed by atoms with Crippen LogP contribution in [0.1, 0.15) is 48.8 Å². The number of sulfonamides is 1. The molecule has 0 saturated heterocycles. The van der Waals surface area contributed by atoms with Crippen molar-refractivity contribution in [1.29, 1.82) is 0 Å². The predicted octanol–water partition coefficient (Wildman–Crippen LogP) is 4.57. The van der Waals surface area contributed by atoms with E-state index in [9.17, 15) is 13.2 Å². The lowest BCUT2D eigenvalue weighted by Gasteiger charge is -2.33. The summed E-state index contributed by atoms with van der Waals surface area (Å²) in [6, 6.07) is 12.3. The zero-order valence-electron chi connectivity index (χ0n) is 17.4. The molecule has 1 aliphatic carbocycles. The van der Waals surface area contributed by atoms with E-state index in [1.807, 2.05) is 32.9 Å². The van der Waals surface area contributed by atoms with E-state index in [0.29, 0.717) is 0 Å². The van der Waals surface area contributed by atoms with Crippen LogP contribution in [0.4, 0.5) is 5.69 Å². The van der Waals surface area contributed by atoms with Crippen LogP contribution in [0.2, 0.25) is 0 Å². The molecule has 0 heterocycles. The summed E-state index contributed by atoms with van der Waals surface area (Å²) in [6.07, 6.45) is 4.68. The van der Waals surface area contributed by atoms with Gasteiger partial charge in [-0.1, -0.05) is 55.2 Å². The smallest absolute Gasteiger partial charge is 0.243 e. The number of anilines is 1. The minimum absolute atomic E-state index is 0.139. The topological polar surface area (TPSA) is 66.5 Å². The van der Waals surface area contributed by atoms with Crippen molar-refractivity contribution in [3.8, 4) is 0 Å². The number of nitrogens with zero attached hydrogens (tertiary/aromatic N) is 1. The summed E-state index contributed by atoms with van der Waals surface area (Å²) < 4.78 is 28.1. The normalized spacial score (nSPS) is 15.4. The van der Waals surface area contributed by atoms with Crippen molar-refractivity contribution < 1.29 is 13.2 Å². The molecule has 0 spiro atoms. The Morgan fingerprint density at radius 3 is 2.17 bits per heavy atom. The fourth-order valence-electron chi connectivity index (χ4n) is 4.20. The van der Waals surface area contributed by atoms with E-state index < -0.39 is 10.0 Å². The molecule has 1 saturated carbocycles. The van der Waals surface area contributed by atoms with Crippen LogP contribution >= 0.6 is 0 Å². The largest absolute Gasteiger partial charge is 0.324 e. The number of rotatable bonds is 6. The summed E-state index contributed by atoms with van der Waals surface area (Å²) >= 11 is 0. The van der Waals surface area contributed by atoms with Gasteiger partial charge in [0.25, 0.3) is 0 Å². The van der Waals surface area contributed by atoms with Gasteiger partial charge in [-0.3, -0.25) is 4.79 Å². The molecule has 6 heteroatoms. The fourth-order valence-corrected chi connectivity index (χ4v) is 5.87. The van der Waals surface area contributed by atoms with Crippen molar-refractivity contribution in [2.24, 2.45) is 0 Å². The minimum atomic E-state index is -3.74. The van der Waals surface area contributed by atoms with Gasteiger partial charge in [-0.05, 0) is 56.9 Å². The van der Waals surface area contributed by atoms with Gasteiger partial charge in [0.15, 0.2) is 0 Å². The maximum Gasteiger partial charge on any atom is 0.243 e. The van der Waals surface area contributed by atoms with Crippen LogP contribution in [0.15, 0.2) is 47.4 Å². The summed E-state index contributed by atoms with van der Waals surface area (Å²) in [7, 11) is -3.74. The van der Waals surface area contributed by atoms with Crippen LogP contribution in [-0.4, -0.2) is 31.2 Å². The van der Waals surface area contributed by atoms with Gasteiger partial charge >= 0.3 is 0 Å². The molecule has 1 aliphatic rings. The Bertz CT molecular complexity index is 942. The van der Waals surface area contributed by atoms with Gasteiger partial charge in [-0.2, -0.15) is 4.31 Å². The Labute approximate surface area is 174 Å². The van der Waals surface area contributed by atoms with Crippen LogP contribution in [0.25, 0.3) is 0 Å². The van der Waals surface area contributed by atoms with Gasteiger partial charge in [-0.15, -0.1) is 0 Å². The molecular formula is C23H30N2O3S. The van der Waals surface area contributed by atoms with Gasteiger partial charge in [0, 0.05) is 11.7 Å². The molecule has 2 aromatic carbocycles. The average Bonchev–Trinajstić information content (AvgIpc) is 2.70. The van der Waals surface area contributed by atoms with Crippen molar-refractivity contribution in [3.63, 3.8) is 0 Å². The SMILES string of the molecule is Cc1cc(C)c(NC(=O)CN(C2CCCCC2)S(=O)(=O)c2ccccc2)c(C)c1. The second kappa shape index (κ2) is 9.09. The first kappa shape index (κ1) is 21.5. The first-order valence-corrected chi connectivity index (χ1v) is 11.7. The Morgan fingerprint density at radius 2 is 1.59 bits per heavy atom. The lowest BCUT2D eigenvalue weighted by Crippen LogP contribution is -2.45.